The Bertz CT molecular complexity index is 408. The number of hydrogen-bond donors (Lipinski definition) is 1. The predicted molar refractivity (Wildman–Crippen MR) is 89.9 cm³/mol. The van der Waals surface area contributed by atoms with Gasteiger partial charge in [0.25, 0.3) is 0 Å². The number of aromatic nitrogens is 1. The van der Waals surface area contributed by atoms with Crippen LogP contribution in [0.2, 0.25) is 0 Å². The lowest BCUT2D eigenvalue weighted by molar-refractivity contribution is -0.0833. The van der Waals surface area contributed by atoms with Gasteiger partial charge < -0.3 is 24.2 Å². The zero-order valence-electron chi connectivity index (χ0n) is 12.4. The van der Waals surface area contributed by atoms with Crippen molar-refractivity contribution >= 4 is 29.9 Å². The summed E-state index contributed by atoms with van der Waals surface area (Å²) in [5, 5.41) is 7.16. The van der Waals surface area contributed by atoms with E-state index in [0.29, 0.717) is 32.9 Å². The Labute approximate surface area is 142 Å². The zero-order valence-corrected chi connectivity index (χ0v) is 14.8. The summed E-state index contributed by atoms with van der Waals surface area (Å²) in [5.41, 5.74) is 0.871. The molecule has 1 unspecified atom stereocenters. The lowest BCUT2D eigenvalue weighted by atomic mass is 10.3. The Morgan fingerprint density at radius 2 is 2.38 bits per heavy atom. The summed E-state index contributed by atoms with van der Waals surface area (Å²) in [6.45, 7) is 6.01. The average molecular weight is 410 g/mol. The third-order valence-corrected chi connectivity index (χ3v) is 2.92. The summed E-state index contributed by atoms with van der Waals surface area (Å²) in [4.78, 5) is 6.59. The molecular weight excluding hydrogens is 387 g/mol. The van der Waals surface area contributed by atoms with E-state index in [2.05, 4.69) is 15.5 Å². The summed E-state index contributed by atoms with van der Waals surface area (Å²) in [5.74, 6) is 0.824. The van der Waals surface area contributed by atoms with Gasteiger partial charge in [-0.05, 0) is 6.92 Å². The van der Waals surface area contributed by atoms with Crippen molar-refractivity contribution in [1.82, 2.24) is 15.4 Å². The van der Waals surface area contributed by atoms with E-state index in [1.165, 1.54) is 0 Å². The van der Waals surface area contributed by atoms with Gasteiger partial charge in [0.05, 0.1) is 32.9 Å². The Morgan fingerprint density at radius 3 is 3.00 bits per heavy atom. The van der Waals surface area contributed by atoms with Crippen LogP contribution in [0, 0.1) is 0 Å². The number of nitrogens with one attached hydrogen (secondary N) is 1. The maximum absolute atomic E-state index is 5.59. The summed E-state index contributed by atoms with van der Waals surface area (Å²) >= 11 is 0. The smallest absolute Gasteiger partial charge is 0.194 e. The van der Waals surface area contributed by atoms with Crippen molar-refractivity contribution in [3.8, 4) is 0 Å². The molecule has 1 saturated heterocycles. The quantitative estimate of drug-likeness (QED) is 0.446. The van der Waals surface area contributed by atoms with E-state index < -0.39 is 0 Å². The van der Waals surface area contributed by atoms with Crippen LogP contribution < -0.4 is 5.32 Å². The van der Waals surface area contributed by atoms with Gasteiger partial charge in [0.15, 0.2) is 5.96 Å². The van der Waals surface area contributed by atoms with Crippen molar-refractivity contribution in [3.05, 3.63) is 18.0 Å². The van der Waals surface area contributed by atoms with Gasteiger partial charge in [0.1, 0.15) is 18.1 Å². The first-order valence-corrected chi connectivity index (χ1v) is 6.87. The minimum absolute atomic E-state index is 0. The number of nitrogens with zero attached hydrogens (tertiary/aromatic N) is 3. The number of halogens is 1. The fraction of sp³-hybridized carbons (Fsp3) is 0.692. The Morgan fingerprint density at radius 1 is 1.52 bits per heavy atom. The molecule has 0 amide bonds. The summed E-state index contributed by atoms with van der Waals surface area (Å²) < 4.78 is 15.8. The molecule has 2 rings (SSSR count). The molecule has 1 aliphatic heterocycles. The molecule has 7 nitrogen and oxygen atoms in total. The minimum atomic E-state index is 0. The van der Waals surface area contributed by atoms with Gasteiger partial charge in [-0.2, -0.15) is 0 Å². The maximum atomic E-state index is 5.59. The third-order valence-electron chi connectivity index (χ3n) is 2.92. The standard InChI is InChI=1S/C13H22N4O3.HI/c1-3-14-13(15-8-12-10-18-6-7-19-12)17(2)9-11-4-5-20-16-11;/h4-5,12H,3,6-10H2,1-2H3,(H,14,15);1H. The number of aliphatic imine (C=N–C) groups is 1. The highest BCUT2D eigenvalue weighted by Crippen LogP contribution is 2.03. The fourth-order valence-electron chi connectivity index (χ4n) is 1.94. The van der Waals surface area contributed by atoms with E-state index in [1.54, 1.807) is 6.26 Å². The largest absolute Gasteiger partial charge is 0.376 e. The second-order valence-corrected chi connectivity index (χ2v) is 4.61. The summed E-state index contributed by atoms with van der Waals surface area (Å²) in [6.07, 6.45) is 1.61. The fourth-order valence-corrected chi connectivity index (χ4v) is 1.94. The van der Waals surface area contributed by atoms with E-state index in [0.717, 1.165) is 18.2 Å². The molecule has 1 atom stereocenters. The molecular formula is C13H23IN4O3. The molecule has 8 heteroatoms. The molecule has 0 aromatic carbocycles. The van der Waals surface area contributed by atoms with E-state index in [1.807, 2.05) is 24.9 Å². The minimum Gasteiger partial charge on any atom is -0.376 e. The molecule has 2 heterocycles. The lowest BCUT2D eigenvalue weighted by Gasteiger charge is -2.24. The van der Waals surface area contributed by atoms with E-state index >= 15 is 0 Å². The van der Waals surface area contributed by atoms with Crippen LogP contribution in [0.5, 0.6) is 0 Å². The topological polar surface area (TPSA) is 72.1 Å². The third kappa shape index (κ3) is 6.18. The second-order valence-electron chi connectivity index (χ2n) is 4.61. The van der Waals surface area contributed by atoms with Gasteiger partial charge in [-0.15, -0.1) is 24.0 Å². The van der Waals surface area contributed by atoms with E-state index in [4.69, 9.17) is 14.0 Å². The van der Waals surface area contributed by atoms with Crippen LogP contribution in [0.15, 0.2) is 21.8 Å². The first-order chi connectivity index (χ1) is 9.79. The molecule has 120 valence electrons. The number of ether oxygens (including phenoxy) is 2. The van der Waals surface area contributed by atoms with Gasteiger partial charge in [-0.3, -0.25) is 4.99 Å². The van der Waals surface area contributed by atoms with Crippen LogP contribution in [-0.4, -0.2) is 62.1 Å². The molecule has 1 N–H and O–H groups in total. The maximum Gasteiger partial charge on any atom is 0.194 e. The monoisotopic (exact) mass is 410 g/mol. The molecule has 0 saturated carbocycles. The average Bonchev–Trinajstić information content (AvgIpc) is 2.97. The number of hydrogen-bond acceptors (Lipinski definition) is 5. The van der Waals surface area contributed by atoms with Crippen LogP contribution >= 0.6 is 24.0 Å². The molecule has 21 heavy (non-hydrogen) atoms. The van der Waals surface area contributed by atoms with Crippen LogP contribution in [0.4, 0.5) is 0 Å². The number of rotatable bonds is 5. The Balaban J connectivity index is 0.00000220. The van der Waals surface area contributed by atoms with Gasteiger partial charge in [0.2, 0.25) is 0 Å². The predicted octanol–water partition coefficient (Wildman–Crippen LogP) is 1.11. The van der Waals surface area contributed by atoms with Crippen LogP contribution in [0.3, 0.4) is 0 Å². The van der Waals surface area contributed by atoms with Gasteiger partial charge in [-0.1, -0.05) is 5.16 Å². The molecule has 1 aromatic heterocycles. The van der Waals surface area contributed by atoms with Gasteiger partial charge in [-0.25, -0.2) is 0 Å². The SMILES string of the molecule is CCNC(=NCC1COCCO1)N(C)Cc1ccon1.I. The molecule has 0 bridgehead atoms. The van der Waals surface area contributed by atoms with Crippen molar-refractivity contribution in [2.24, 2.45) is 4.99 Å². The summed E-state index contributed by atoms with van der Waals surface area (Å²) in [6, 6.07) is 1.85. The Kier molecular flexibility index (Phi) is 8.62. The van der Waals surface area contributed by atoms with Gasteiger partial charge >= 0.3 is 0 Å². The zero-order chi connectivity index (χ0) is 14.2. The molecule has 1 aromatic rings. The first-order valence-electron chi connectivity index (χ1n) is 6.87. The van der Waals surface area contributed by atoms with Crippen molar-refractivity contribution in [2.75, 3.05) is 40.0 Å². The molecule has 1 fully saturated rings. The van der Waals surface area contributed by atoms with Gasteiger partial charge in [0, 0.05) is 19.7 Å². The highest BCUT2D eigenvalue weighted by molar-refractivity contribution is 14.0. The molecule has 1 aliphatic rings. The van der Waals surface area contributed by atoms with Crippen LogP contribution in [0.1, 0.15) is 12.6 Å². The van der Waals surface area contributed by atoms with Crippen molar-refractivity contribution in [1.29, 1.82) is 0 Å². The highest BCUT2D eigenvalue weighted by Gasteiger charge is 2.15. The first kappa shape index (κ1) is 18.2. The normalized spacial score (nSPS) is 19.0. The van der Waals surface area contributed by atoms with E-state index in [9.17, 15) is 0 Å². The summed E-state index contributed by atoms with van der Waals surface area (Å²) in [7, 11) is 1.97. The highest BCUT2D eigenvalue weighted by atomic mass is 127. The van der Waals surface area contributed by atoms with Crippen molar-refractivity contribution in [2.45, 2.75) is 19.6 Å². The molecule has 0 radical (unpaired) electrons. The second kappa shape index (κ2) is 9.96. The Hall–Kier alpha value is -0.870. The lowest BCUT2D eigenvalue weighted by Crippen LogP contribution is -2.40. The van der Waals surface area contributed by atoms with Crippen LogP contribution in [0.25, 0.3) is 0 Å². The number of guanidine groups is 1. The van der Waals surface area contributed by atoms with Crippen molar-refractivity contribution < 1.29 is 14.0 Å². The van der Waals surface area contributed by atoms with E-state index in [-0.39, 0.29) is 30.1 Å². The van der Waals surface area contributed by atoms with Crippen LogP contribution in [-0.2, 0) is 16.0 Å². The molecule has 0 spiro atoms. The van der Waals surface area contributed by atoms with Crippen molar-refractivity contribution in [3.63, 3.8) is 0 Å². The molecule has 0 aliphatic carbocycles.